The molecule has 0 unspecified atom stereocenters. The van der Waals surface area contributed by atoms with Crippen LogP contribution in [-0.4, -0.2) is 26.6 Å². The standard InChI is InChI=1S/C20H18O6/c1-12(21)10-25-14-5-6-15-18(9-14)26-11-16(20(15)22)13-4-7-17(23-2)19(8-13)24-3/h4-9,11H,10H2,1-3H3. The first kappa shape index (κ1) is 17.5. The molecule has 0 amide bonds. The van der Waals surface area contributed by atoms with Crippen molar-refractivity contribution in [2.75, 3.05) is 20.8 Å². The number of hydrogen-bond acceptors (Lipinski definition) is 6. The molecule has 6 heteroatoms. The van der Waals surface area contributed by atoms with Crippen LogP contribution in [0.2, 0.25) is 0 Å². The van der Waals surface area contributed by atoms with Crippen LogP contribution >= 0.6 is 0 Å². The molecule has 1 heterocycles. The minimum Gasteiger partial charge on any atom is -0.493 e. The lowest BCUT2D eigenvalue weighted by Crippen LogP contribution is -2.08. The Kier molecular flexibility index (Phi) is 4.93. The lowest BCUT2D eigenvalue weighted by molar-refractivity contribution is -0.118. The Morgan fingerprint density at radius 1 is 1.04 bits per heavy atom. The van der Waals surface area contributed by atoms with Gasteiger partial charge in [-0.05, 0) is 36.8 Å². The van der Waals surface area contributed by atoms with Crippen molar-refractivity contribution in [3.8, 4) is 28.4 Å². The minimum atomic E-state index is -0.170. The van der Waals surface area contributed by atoms with Crippen molar-refractivity contribution in [2.45, 2.75) is 6.92 Å². The molecule has 3 aromatic rings. The van der Waals surface area contributed by atoms with Crippen LogP contribution in [0.3, 0.4) is 0 Å². The fraction of sp³-hybridized carbons (Fsp3) is 0.200. The highest BCUT2D eigenvalue weighted by atomic mass is 16.5. The Morgan fingerprint density at radius 3 is 2.50 bits per heavy atom. The summed E-state index contributed by atoms with van der Waals surface area (Å²) in [4.78, 5) is 23.9. The molecule has 2 aromatic carbocycles. The van der Waals surface area contributed by atoms with E-state index in [0.29, 0.717) is 39.3 Å². The van der Waals surface area contributed by atoms with Crippen LogP contribution < -0.4 is 19.6 Å². The van der Waals surface area contributed by atoms with Gasteiger partial charge in [0.25, 0.3) is 0 Å². The second-order valence-corrected chi connectivity index (χ2v) is 5.70. The van der Waals surface area contributed by atoms with Crippen molar-refractivity contribution >= 4 is 16.8 Å². The fourth-order valence-electron chi connectivity index (χ4n) is 2.59. The Hall–Kier alpha value is -3.28. The summed E-state index contributed by atoms with van der Waals surface area (Å²) >= 11 is 0. The number of benzene rings is 2. The highest BCUT2D eigenvalue weighted by molar-refractivity contribution is 5.83. The van der Waals surface area contributed by atoms with Crippen LogP contribution in [0.25, 0.3) is 22.1 Å². The van der Waals surface area contributed by atoms with Gasteiger partial charge in [0.05, 0.1) is 25.2 Å². The van der Waals surface area contributed by atoms with Gasteiger partial charge in [-0.25, -0.2) is 0 Å². The van der Waals surface area contributed by atoms with Gasteiger partial charge in [-0.2, -0.15) is 0 Å². The highest BCUT2D eigenvalue weighted by Crippen LogP contribution is 2.32. The van der Waals surface area contributed by atoms with Crippen molar-refractivity contribution in [1.29, 1.82) is 0 Å². The summed E-state index contributed by atoms with van der Waals surface area (Å²) in [7, 11) is 3.08. The predicted octanol–water partition coefficient (Wildman–Crippen LogP) is 3.45. The Morgan fingerprint density at radius 2 is 1.81 bits per heavy atom. The average molecular weight is 354 g/mol. The number of methoxy groups -OCH3 is 2. The molecule has 0 spiro atoms. The third-order valence-corrected chi connectivity index (χ3v) is 3.88. The summed E-state index contributed by atoms with van der Waals surface area (Å²) in [5.41, 5.74) is 1.29. The van der Waals surface area contributed by atoms with Crippen LogP contribution in [0.4, 0.5) is 0 Å². The first-order valence-electron chi connectivity index (χ1n) is 7.93. The molecule has 0 fully saturated rings. The van der Waals surface area contributed by atoms with Crippen molar-refractivity contribution in [3.05, 3.63) is 52.9 Å². The quantitative estimate of drug-likeness (QED) is 0.675. The Balaban J connectivity index is 2.03. The lowest BCUT2D eigenvalue weighted by atomic mass is 10.0. The second kappa shape index (κ2) is 7.31. The van der Waals surface area contributed by atoms with E-state index >= 15 is 0 Å². The molecule has 0 saturated carbocycles. The van der Waals surface area contributed by atoms with Gasteiger partial charge in [0.1, 0.15) is 24.2 Å². The summed E-state index contributed by atoms with van der Waals surface area (Å²) in [6.07, 6.45) is 1.40. The van der Waals surface area contributed by atoms with Crippen LogP contribution in [0, 0.1) is 0 Å². The van der Waals surface area contributed by atoms with E-state index in [-0.39, 0.29) is 17.8 Å². The van der Waals surface area contributed by atoms with E-state index in [1.54, 1.807) is 43.5 Å². The third kappa shape index (κ3) is 3.39. The second-order valence-electron chi connectivity index (χ2n) is 5.70. The summed E-state index contributed by atoms with van der Waals surface area (Å²) in [5.74, 6) is 1.48. The monoisotopic (exact) mass is 354 g/mol. The molecule has 0 saturated heterocycles. The van der Waals surface area contributed by atoms with Gasteiger partial charge in [0.2, 0.25) is 0 Å². The zero-order valence-electron chi connectivity index (χ0n) is 14.7. The summed E-state index contributed by atoms with van der Waals surface area (Å²) < 4.78 is 21.5. The zero-order valence-corrected chi connectivity index (χ0v) is 14.7. The number of rotatable bonds is 6. The largest absolute Gasteiger partial charge is 0.493 e. The maximum absolute atomic E-state index is 12.8. The van der Waals surface area contributed by atoms with Crippen LogP contribution in [0.15, 0.2) is 51.9 Å². The van der Waals surface area contributed by atoms with E-state index in [2.05, 4.69) is 0 Å². The number of ketones is 1. The SMILES string of the molecule is COc1ccc(-c2coc3cc(OCC(C)=O)ccc3c2=O)cc1OC. The fourth-order valence-corrected chi connectivity index (χ4v) is 2.59. The van der Waals surface area contributed by atoms with Crippen molar-refractivity contribution in [2.24, 2.45) is 0 Å². The molecule has 0 N–H and O–H groups in total. The van der Waals surface area contributed by atoms with Crippen molar-refractivity contribution < 1.29 is 23.4 Å². The van der Waals surface area contributed by atoms with Crippen molar-refractivity contribution in [3.63, 3.8) is 0 Å². The number of fused-ring (bicyclic) bond motifs is 1. The van der Waals surface area contributed by atoms with Crippen LogP contribution in [-0.2, 0) is 4.79 Å². The Labute approximate surface area is 149 Å². The topological polar surface area (TPSA) is 75.0 Å². The summed E-state index contributed by atoms with van der Waals surface area (Å²) in [6.45, 7) is 1.41. The van der Waals surface area contributed by atoms with E-state index in [4.69, 9.17) is 18.6 Å². The lowest BCUT2D eigenvalue weighted by Gasteiger charge is -2.10. The molecule has 0 aliphatic rings. The van der Waals surface area contributed by atoms with Gasteiger partial charge in [0, 0.05) is 6.07 Å². The van der Waals surface area contributed by atoms with Gasteiger partial charge in [0.15, 0.2) is 22.7 Å². The normalized spacial score (nSPS) is 10.6. The molecule has 0 aliphatic heterocycles. The van der Waals surface area contributed by atoms with Crippen LogP contribution in [0.1, 0.15) is 6.92 Å². The number of Topliss-reactive ketones (excluding diaryl/α,β-unsaturated/α-hetero) is 1. The molecule has 0 bridgehead atoms. The number of hydrogen-bond donors (Lipinski definition) is 0. The van der Waals surface area contributed by atoms with E-state index in [1.807, 2.05) is 0 Å². The highest BCUT2D eigenvalue weighted by Gasteiger charge is 2.13. The van der Waals surface area contributed by atoms with Gasteiger partial charge in [-0.3, -0.25) is 9.59 Å². The molecular weight excluding hydrogens is 336 g/mol. The van der Waals surface area contributed by atoms with E-state index in [1.165, 1.54) is 20.3 Å². The third-order valence-electron chi connectivity index (χ3n) is 3.88. The molecule has 0 radical (unpaired) electrons. The molecule has 134 valence electrons. The maximum Gasteiger partial charge on any atom is 0.200 e. The van der Waals surface area contributed by atoms with Gasteiger partial charge >= 0.3 is 0 Å². The average Bonchev–Trinajstić information content (AvgIpc) is 2.66. The van der Waals surface area contributed by atoms with Gasteiger partial charge in [-0.15, -0.1) is 0 Å². The van der Waals surface area contributed by atoms with Crippen LogP contribution in [0.5, 0.6) is 17.2 Å². The molecule has 0 aliphatic carbocycles. The molecule has 6 nitrogen and oxygen atoms in total. The first-order chi connectivity index (χ1) is 12.5. The number of ether oxygens (including phenoxy) is 3. The molecule has 0 atom stereocenters. The zero-order chi connectivity index (χ0) is 18.7. The van der Waals surface area contributed by atoms with E-state index < -0.39 is 0 Å². The minimum absolute atomic E-state index is 0.0283. The molecule has 1 aromatic heterocycles. The molecule has 26 heavy (non-hydrogen) atoms. The molecular formula is C20H18O6. The van der Waals surface area contributed by atoms with Gasteiger partial charge in [-0.1, -0.05) is 6.07 Å². The Bertz CT molecular complexity index is 1020. The number of carbonyl (C=O) groups is 1. The maximum atomic E-state index is 12.8. The van der Waals surface area contributed by atoms with E-state index in [9.17, 15) is 9.59 Å². The van der Waals surface area contributed by atoms with Crippen molar-refractivity contribution in [1.82, 2.24) is 0 Å². The molecule has 3 rings (SSSR count). The number of carbonyl (C=O) groups excluding carboxylic acids is 1. The van der Waals surface area contributed by atoms with Gasteiger partial charge < -0.3 is 18.6 Å². The predicted molar refractivity (Wildman–Crippen MR) is 97.2 cm³/mol. The van der Waals surface area contributed by atoms with E-state index in [0.717, 1.165) is 0 Å². The summed E-state index contributed by atoms with van der Waals surface area (Å²) in [6, 6.07) is 10.1. The first-order valence-corrected chi connectivity index (χ1v) is 7.93. The smallest absolute Gasteiger partial charge is 0.200 e. The summed E-state index contributed by atoms with van der Waals surface area (Å²) in [5, 5.41) is 0.424.